The first-order valence-electron chi connectivity index (χ1n) is 5.29. The smallest absolute Gasteiger partial charge is 0.123 e. The number of halogens is 1. The average molecular weight is 215 g/mol. The first-order valence-corrected chi connectivity index (χ1v) is 5.29. The van der Waals surface area contributed by atoms with Gasteiger partial charge in [-0.3, -0.25) is 0 Å². The van der Waals surface area contributed by atoms with Gasteiger partial charge in [-0.25, -0.2) is 4.39 Å². The maximum atomic E-state index is 12.7. The third-order valence-corrected chi connectivity index (χ3v) is 2.54. The molecule has 0 spiro atoms. The van der Waals surface area contributed by atoms with Crippen LogP contribution in [-0.2, 0) is 6.42 Å². The van der Waals surface area contributed by atoms with Gasteiger partial charge in [0.15, 0.2) is 0 Å². The van der Waals surface area contributed by atoms with E-state index in [0.29, 0.717) is 0 Å². The van der Waals surface area contributed by atoms with Gasteiger partial charge in [-0.1, -0.05) is 24.3 Å². The minimum absolute atomic E-state index is 0.187. The van der Waals surface area contributed by atoms with Gasteiger partial charge in [0, 0.05) is 12.7 Å². The van der Waals surface area contributed by atoms with E-state index in [-0.39, 0.29) is 5.82 Å². The van der Waals surface area contributed by atoms with Crippen molar-refractivity contribution in [3.8, 4) is 0 Å². The average Bonchev–Trinajstić information content (AvgIpc) is 2.32. The maximum absolute atomic E-state index is 12.7. The van der Waals surface area contributed by atoms with Crippen LogP contribution in [0.25, 0.3) is 0 Å². The number of hydrogen-bond acceptors (Lipinski definition) is 1. The van der Waals surface area contributed by atoms with Crippen LogP contribution in [0.3, 0.4) is 0 Å². The molecule has 1 nitrogen and oxygen atoms in total. The van der Waals surface area contributed by atoms with Crippen LogP contribution in [0, 0.1) is 5.82 Å². The molecule has 2 aromatic carbocycles. The van der Waals surface area contributed by atoms with Gasteiger partial charge in [0.25, 0.3) is 0 Å². The van der Waals surface area contributed by atoms with E-state index >= 15 is 0 Å². The van der Waals surface area contributed by atoms with Crippen LogP contribution in [-0.4, -0.2) is 7.05 Å². The SMILES string of the molecule is CNc1cccc(Cc2ccc(F)cc2)c1. The predicted octanol–water partition coefficient (Wildman–Crippen LogP) is 3.46. The summed E-state index contributed by atoms with van der Waals surface area (Å²) in [5.41, 5.74) is 3.44. The third-order valence-electron chi connectivity index (χ3n) is 2.54. The highest BCUT2D eigenvalue weighted by atomic mass is 19.1. The Bertz CT molecular complexity index is 462. The second-order valence-corrected chi connectivity index (χ2v) is 3.75. The minimum Gasteiger partial charge on any atom is -0.388 e. The first-order chi connectivity index (χ1) is 7.78. The van der Waals surface area contributed by atoms with Crippen LogP contribution < -0.4 is 5.32 Å². The standard InChI is InChI=1S/C14H14FN/c1-16-14-4-2-3-12(10-14)9-11-5-7-13(15)8-6-11/h2-8,10,16H,9H2,1H3. The predicted molar refractivity (Wildman–Crippen MR) is 65.2 cm³/mol. The molecule has 0 radical (unpaired) electrons. The van der Waals surface area contributed by atoms with E-state index in [9.17, 15) is 4.39 Å². The Morgan fingerprint density at radius 2 is 1.75 bits per heavy atom. The summed E-state index contributed by atoms with van der Waals surface area (Å²) in [5, 5.41) is 3.10. The van der Waals surface area contributed by atoms with Gasteiger partial charge in [-0.2, -0.15) is 0 Å². The first kappa shape index (κ1) is 10.7. The normalized spacial score (nSPS) is 10.1. The summed E-state index contributed by atoms with van der Waals surface area (Å²) >= 11 is 0. The van der Waals surface area contributed by atoms with Crippen molar-refractivity contribution in [2.75, 3.05) is 12.4 Å². The zero-order valence-corrected chi connectivity index (χ0v) is 9.20. The van der Waals surface area contributed by atoms with E-state index in [1.54, 1.807) is 0 Å². The van der Waals surface area contributed by atoms with Crippen molar-refractivity contribution in [3.63, 3.8) is 0 Å². The molecule has 0 saturated heterocycles. The van der Waals surface area contributed by atoms with Gasteiger partial charge in [0.05, 0.1) is 0 Å². The van der Waals surface area contributed by atoms with Crippen LogP contribution in [0.4, 0.5) is 10.1 Å². The van der Waals surface area contributed by atoms with E-state index in [2.05, 4.69) is 17.4 Å². The fourth-order valence-electron chi connectivity index (χ4n) is 1.67. The molecular formula is C14H14FN. The minimum atomic E-state index is -0.187. The summed E-state index contributed by atoms with van der Waals surface area (Å²) < 4.78 is 12.7. The van der Waals surface area contributed by atoms with Crippen molar-refractivity contribution in [3.05, 3.63) is 65.5 Å². The summed E-state index contributed by atoms with van der Waals surface area (Å²) in [6.07, 6.45) is 0.829. The number of nitrogens with one attached hydrogen (secondary N) is 1. The molecule has 0 amide bonds. The number of rotatable bonds is 3. The molecule has 0 fully saturated rings. The van der Waals surface area contributed by atoms with E-state index in [1.807, 2.05) is 31.3 Å². The molecule has 0 heterocycles. The van der Waals surface area contributed by atoms with Crippen molar-refractivity contribution in [1.29, 1.82) is 0 Å². The largest absolute Gasteiger partial charge is 0.388 e. The Morgan fingerprint density at radius 1 is 1.00 bits per heavy atom. The van der Waals surface area contributed by atoms with Crippen LogP contribution >= 0.6 is 0 Å². The lowest BCUT2D eigenvalue weighted by Gasteiger charge is -2.05. The Labute approximate surface area is 94.9 Å². The van der Waals surface area contributed by atoms with Crippen molar-refractivity contribution in [1.82, 2.24) is 0 Å². The quantitative estimate of drug-likeness (QED) is 0.826. The molecule has 2 heteroatoms. The molecule has 2 aromatic rings. The lowest BCUT2D eigenvalue weighted by Crippen LogP contribution is -1.92. The second-order valence-electron chi connectivity index (χ2n) is 3.75. The van der Waals surface area contributed by atoms with Crippen LogP contribution in [0.1, 0.15) is 11.1 Å². The zero-order valence-electron chi connectivity index (χ0n) is 9.20. The molecule has 0 aliphatic rings. The Morgan fingerprint density at radius 3 is 2.44 bits per heavy atom. The molecule has 1 N–H and O–H groups in total. The molecule has 0 atom stereocenters. The number of anilines is 1. The fourth-order valence-corrected chi connectivity index (χ4v) is 1.67. The summed E-state index contributed by atoms with van der Waals surface area (Å²) in [5.74, 6) is -0.187. The molecule has 0 aliphatic carbocycles. The molecule has 82 valence electrons. The van der Waals surface area contributed by atoms with E-state index in [0.717, 1.165) is 17.7 Å². The lowest BCUT2D eigenvalue weighted by molar-refractivity contribution is 0.627. The molecule has 0 aliphatic heterocycles. The highest BCUT2D eigenvalue weighted by Gasteiger charge is 1.98. The molecule has 0 saturated carbocycles. The summed E-state index contributed by atoms with van der Waals surface area (Å²) in [6.45, 7) is 0. The fraction of sp³-hybridized carbons (Fsp3) is 0.143. The molecule has 0 bridgehead atoms. The van der Waals surface area contributed by atoms with Crippen LogP contribution in [0.2, 0.25) is 0 Å². The van der Waals surface area contributed by atoms with Crippen molar-refractivity contribution in [2.24, 2.45) is 0 Å². The summed E-state index contributed by atoms with van der Waals surface area (Å²) in [7, 11) is 1.90. The van der Waals surface area contributed by atoms with Gasteiger partial charge in [0.1, 0.15) is 5.82 Å². The van der Waals surface area contributed by atoms with Gasteiger partial charge in [0.2, 0.25) is 0 Å². The number of benzene rings is 2. The van der Waals surface area contributed by atoms with Gasteiger partial charge in [-0.05, 0) is 41.8 Å². The van der Waals surface area contributed by atoms with Gasteiger partial charge in [-0.15, -0.1) is 0 Å². The lowest BCUT2D eigenvalue weighted by atomic mass is 10.0. The van der Waals surface area contributed by atoms with Crippen molar-refractivity contribution in [2.45, 2.75) is 6.42 Å². The maximum Gasteiger partial charge on any atom is 0.123 e. The topological polar surface area (TPSA) is 12.0 Å². The highest BCUT2D eigenvalue weighted by molar-refractivity contribution is 5.46. The van der Waals surface area contributed by atoms with E-state index in [1.165, 1.54) is 17.7 Å². The Hall–Kier alpha value is -1.83. The van der Waals surface area contributed by atoms with Gasteiger partial charge >= 0.3 is 0 Å². The third kappa shape index (κ3) is 2.60. The van der Waals surface area contributed by atoms with E-state index in [4.69, 9.17) is 0 Å². The Kier molecular flexibility index (Phi) is 3.20. The summed E-state index contributed by atoms with van der Waals surface area (Å²) in [6, 6.07) is 14.9. The molecule has 0 aromatic heterocycles. The van der Waals surface area contributed by atoms with Crippen LogP contribution in [0.5, 0.6) is 0 Å². The van der Waals surface area contributed by atoms with Crippen LogP contribution in [0.15, 0.2) is 48.5 Å². The van der Waals surface area contributed by atoms with Gasteiger partial charge < -0.3 is 5.32 Å². The molecule has 2 rings (SSSR count). The number of hydrogen-bond donors (Lipinski definition) is 1. The molecular weight excluding hydrogens is 201 g/mol. The highest BCUT2D eigenvalue weighted by Crippen LogP contribution is 2.14. The van der Waals surface area contributed by atoms with E-state index < -0.39 is 0 Å². The van der Waals surface area contributed by atoms with Crippen molar-refractivity contribution < 1.29 is 4.39 Å². The molecule has 0 unspecified atom stereocenters. The zero-order chi connectivity index (χ0) is 11.4. The second kappa shape index (κ2) is 4.79. The monoisotopic (exact) mass is 215 g/mol. The Balaban J connectivity index is 2.16. The van der Waals surface area contributed by atoms with Crippen molar-refractivity contribution >= 4 is 5.69 Å². The molecule has 16 heavy (non-hydrogen) atoms. The summed E-state index contributed by atoms with van der Waals surface area (Å²) in [4.78, 5) is 0.